The SMILES string of the molecule is O=C([O-])c1ccc[n+]([C@@H]2C[C@H](COP(=O)([O-])[O-])[C@@H](O)[C@H]2O)c1.[K+].[Na+]. The van der Waals surface area contributed by atoms with Gasteiger partial charge in [0.1, 0.15) is 6.10 Å². The van der Waals surface area contributed by atoms with E-state index in [0.717, 1.165) is 0 Å². The van der Waals surface area contributed by atoms with E-state index in [1.54, 1.807) is 0 Å². The summed E-state index contributed by atoms with van der Waals surface area (Å²) < 4.78 is 16.0. The Morgan fingerprint density at radius 2 is 2.00 bits per heavy atom. The summed E-state index contributed by atoms with van der Waals surface area (Å²) in [5.74, 6) is -2.16. The number of carbonyl (C=O) groups is 1. The van der Waals surface area contributed by atoms with Gasteiger partial charge in [-0.2, -0.15) is 4.57 Å². The van der Waals surface area contributed by atoms with Gasteiger partial charge >= 0.3 is 80.9 Å². The van der Waals surface area contributed by atoms with Crippen LogP contribution in [0.3, 0.4) is 0 Å². The molecule has 0 saturated heterocycles. The predicted molar refractivity (Wildman–Crippen MR) is 63.7 cm³/mol. The van der Waals surface area contributed by atoms with Gasteiger partial charge in [-0.25, -0.2) is 0 Å². The minimum absolute atomic E-state index is 0. The molecule has 0 bridgehead atoms. The van der Waals surface area contributed by atoms with Crippen LogP contribution in [-0.2, 0) is 9.09 Å². The summed E-state index contributed by atoms with van der Waals surface area (Å²) >= 11 is 0. The summed E-state index contributed by atoms with van der Waals surface area (Å²) in [5, 5.41) is 30.8. The molecule has 0 spiro atoms. The third kappa shape index (κ3) is 6.79. The molecule has 0 unspecified atom stereocenters. The third-order valence-electron chi connectivity index (χ3n) is 3.66. The van der Waals surface area contributed by atoms with E-state index in [9.17, 15) is 34.5 Å². The zero-order chi connectivity index (χ0) is 16.5. The van der Waals surface area contributed by atoms with Crippen molar-refractivity contribution < 1.29 is 124 Å². The summed E-state index contributed by atoms with van der Waals surface area (Å²) in [5.41, 5.74) is -0.104. The number of hydrogen-bond acceptors (Lipinski definition) is 8. The maximum Gasteiger partial charge on any atom is 1.00 e. The molecule has 1 heterocycles. The number of pyridine rings is 1. The molecule has 4 atom stereocenters. The standard InChI is InChI=1S/C12H16NO8P.K.Na/c14-10-8(6-21-22(18,19)20)4-9(11(10)15)13-3-1-2-7(5-13)12(16)17;;/h1-3,5,8-11,14-15H,4,6H2,(H2-,16,17,18,19,20);;/q;2*+1/p-2/t8-,9-,10-,11+;;/m1../s1. The predicted octanol–water partition coefficient (Wildman–Crippen LogP) is -9.53. The maximum atomic E-state index is 10.8. The fourth-order valence-electron chi connectivity index (χ4n) is 2.57. The Hall–Kier alpha value is 1.29. The summed E-state index contributed by atoms with van der Waals surface area (Å²) in [6.07, 6.45) is 0.306. The molecular formula is C12H14KNNaO8P. The second-order valence-electron chi connectivity index (χ2n) is 5.11. The van der Waals surface area contributed by atoms with Crippen LogP contribution in [0.15, 0.2) is 24.5 Å². The molecule has 0 radical (unpaired) electrons. The molecule has 1 aromatic rings. The monoisotopic (exact) mass is 393 g/mol. The van der Waals surface area contributed by atoms with E-state index in [-0.39, 0.29) is 92.9 Å². The molecule has 1 saturated carbocycles. The van der Waals surface area contributed by atoms with Crippen LogP contribution in [0.1, 0.15) is 22.8 Å². The van der Waals surface area contributed by atoms with E-state index in [2.05, 4.69) is 4.52 Å². The molecule has 12 heteroatoms. The van der Waals surface area contributed by atoms with Crippen LogP contribution in [0.25, 0.3) is 0 Å². The number of aliphatic hydroxyl groups is 2. The summed E-state index contributed by atoms with van der Waals surface area (Å²) in [7, 11) is -5.16. The first-order chi connectivity index (χ1) is 10.2. The van der Waals surface area contributed by atoms with E-state index < -0.39 is 44.6 Å². The smallest absolute Gasteiger partial charge is 0.790 e. The van der Waals surface area contributed by atoms with Crippen molar-refractivity contribution in [3.8, 4) is 0 Å². The topological polar surface area (TPSA) is 157 Å². The molecule has 1 aliphatic rings. The summed E-state index contributed by atoms with van der Waals surface area (Å²) in [4.78, 5) is 31.8. The number of hydrogen-bond donors (Lipinski definition) is 2. The van der Waals surface area contributed by atoms with Crippen molar-refractivity contribution in [1.29, 1.82) is 0 Å². The minimum Gasteiger partial charge on any atom is -0.790 e. The van der Waals surface area contributed by atoms with Gasteiger partial charge in [-0.15, -0.1) is 0 Å². The number of carbonyl (C=O) groups excluding carboxylic acids is 1. The number of phosphoric ester groups is 1. The zero-order valence-corrected chi connectivity index (χ0v) is 19.3. The van der Waals surface area contributed by atoms with Crippen LogP contribution in [0.4, 0.5) is 0 Å². The number of carboxylic acids is 1. The summed E-state index contributed by atoms with van der Waals surface area (Å²) in [6.45, 7) is -0.542. The molecule has 24 heavy (non-hydrogen) atoms. The average Bonchev–Trinajstić information content (AvgIpc) is 2.72. The Kier molecular flexibility index (Phi) is 11.1. The zero-order valence-electron chi connectivity index (χ0n) is 13.3. The van der Waals surface area contributed by atoms with Gasteiger partial charge < -0.3 is 39.0 Å². The quantitative estimate of drug-likeness (QED) is 0.284. The Bertz CT molecular complexity index is 614. The Balaban J connectivity index is 0.00000264. The molecule has 9 nitrogen and oxygen atoms in total. The molecular weight excluding hydrogens is 379 g/mol. The van der Waals surface area contributed by atoms with Crippen molar-refractivity contribution in [1.82, 2.24) is 0 Å². The van der Waals surface area contributed by atoms with Crippen LogP contribution in [0.2, 0.25) is 0 Å². The van der Waals surface area contributed by atoms with Crippen LogP contribution in [-0.4, -0.2) is 35.0 Å². The van der Waals surface area contributed by atoms with E-state index in [0.29, 0.717) is 0 Å². The van der Waals surface area contributed by atoms with E-state index >= 15 is 0 Å². The maximum absolute atomic E-state index is 10.8. The first kappa shape index (κ1) is 25.3. The van der Waals surface area contributed by atoms with Crippen molar-refractivity contribution in [2.45, 2.75) is 24.7 Å². The molecule has 122 valence electrons. The van der Waals surface area contributed by atoms with Gasteiger partial charge in [0.25, 0.3) is 0 Å². The first-order valence-electron chi connectivity index (χ1n) is 6.44. The third-order valence-corrected chi connectivity index (χ3v) is 4.12. The molecule has 1 fully saturated rings. The minimum atomic E-state index is -5.16. The number of rotatable bonds is 5. The molecule has 0 aliphatic heterocycles. The second-order valence-corrected chi connectivity index (χ2v) is 6.27. The Morgan fingerprint density at radius 3 is 2.54 bits per heavy atom. The largest absolute Gasteiger partial charge is 1.00 e. The molecule has 1 aromatic heterocycles. The van der Waals surface area contributed by atoms with E-state index in [1.807, 2.05) is 0 Å². The van der Waals surface area contributed by atoms with Gasteiger partial charge in [0.05, 0.1) is 32.1 Å². The van der Waals surface area contributed by atoms with Gasteiger partial charge in [-0.1, -0.05) is 0 Å². The van der Waals surface area contributed by atoms with Crippen LogP contribution in [0, 0.1) is 5.92 Å². The fraction of sp³-hybridized carbons (Fsp3) is 0.500. The molecule has 2 N–H and O–H groups in total. The van der Waals surface area contributed by atoms with Crippen LogP contribution in [0.5, 0.6) is 0 Å². The number of aliphatic hydroxyl groups excluding tert-OH is 2. The Labute approximate surface area is 203 Å². The van der Waals surface area contributed by atoms with Gasteiger partial charge in [-0.3, -0.25) is 0 Å². The number of phosphoric acid groups is 1. The van der Waals surface area contributed by atoms with E-state index in [1.165, 1.54) is 29.1 Å². The normalized spacial score (nSPS) is 26.3. The Morgan fingerprint density at radius 1 is 1.38 bits per heavy atom. The second kappa shape index (κ2) is 10.6. The van der Waals surface area contributed by atoms with Gasteiger partial charge in [-0.05, 0) is 6.07 Å². The molecule has 0 aromatic carbocycles. The van der Waals surface area contributed by atoms with Crippen molar-refractivity contribution in [2.75, 3.05) is 6.61 Å². The van der Waals surface area contributed by atoms with Crippen LogP contribution < -0.4 is 100 Å². The number of aromatic nitrogens is 1. The van der Waals surface area contributed by atoms with Gasteiger partial charge in [0.2, 0.25) is 0 Å². The molecule has 0 amide bonds. The molecule has 1 aliphatic carbocycles. The van der Waals surface area contributed by atoms with Crippen molar-refractivity contribution in [2.24, 2.45) is 5.92 Å². The number of aromatic carboxylic acids is 1. The van der Waals surface area contributed by atoms with Crippen molar-refractivity contribution >= 4 is 13.8 Å². The van der Waals surface area contributed by atoms with Crippen molar-refractivity contribution in [3.05, 3.63) is 30.1 Å². The fourth-order valence-corrected chi connectivity index (χ4v) is 2.94. The number of nitrogens with zero attached hydrogens (tertiary/aromatic N) is 1. The van der Waals surface area contributed by atoms with E-state index in [4.69, 9.17) is 0 Å². The molecule has 2 rings (SSSR count). The van der Waals surface area contributed by atoms with Gasteiger partial charge in [0, 0.05) is 18.4 Å². The number of carboxylic acid groups (broad SMARTS) is 1. The average molecular weight is 393 g/mol. The van der Waals surface area contributed by atoms with Crippen molar-refractivity contribution in [3.63, 3.8) is 0 Å². The van der Waals surface area contributed by atoms with Gasteiger partial charge in [0.15, 0.2) is 18.4 Å². The first-order valence-corrected chi connectivity index (χ1v) is 7.90. The van der Waals surface area contributed by atoms with Crippen LogP contribution >= 0.6 is 7.82 Å². The summed E-state index contributed by atoms with van der Waals surface area (Å²) in [6, 6.07) is 2.08.